The van der Waals surface area contributed by atoms with Crippen LogP contribution in [-0.4, -0.2) is 36.1 Å². The largest absolute Gasteiger partial charge is 0.388 e. The summed E-state index contributed by atoms with van der Waals surface area (Å²) in [4.78, 5) is 0. The predicted octanol–water partition coefficient (Wildman–Crippen LogP) is 3.49. The Hall–Kier alpha value is -1.98. The Morgan fingerprint density at radius 1 is 0.923 bits per heavy atom. The lowest BCUT2D eigenvalue weighted by Gasteiger charge is -2.21. The zero-order chi connectivity index (χ0) is 18.2. The van der Waals surface area contributed by atoms with Gasteiger partial charge in [0.05, 0.1) is 25.9 Å². The van der Waals surface area contributed by atoms with Crippen LogP contribution in [0.1, 0.15) is 17.5 Å². The van der Waals surface area contributed by atoms with Crippen molar-refractivity contribution in [2.45, 2.75) is 44.1 Å². The first-order valence-corrected chi connectivity index (χ1v) is 8.99. The Morgan fingerprint density at radius 2 is 1.54 bits per heavy atom. The van der Waals surface area contributed by atoms with Gasteiger partial charge in [-0.3, -0.25) is 0 Å². The molecule has 1 heterocycles. The highest BCUT2D eigenvalue weighted by Gasteiger charge is 2.43. The standard InChI is InChI=1S/C22H26O4/c1-2-9-19-21(23)22(25-15-18-12-7-4-8-13-18)20(26-19)16-24-14-17-10-5-3-6-11-17/h2-8,10-13,19-23H,1,9,14-16H2/t19-,20+,21-,22-/m0/s1. The molecule has 1 N–H and O–H groups in total. The van der Waals surface area contributed by atoms with Crippen molar-refractivity contribution in [3.63, 3.8) is 0 Å². The molecule has 4 atom stereocenters. The maximum atomic E-state index is 10.6. The van der Waals surface area contributed by atoms with Gasteiger partial charge in [-0.15, -0.1) is 6.58 Å². The number of rotatable bonds is 9. The highest BCUT2D eigenvalue weighted by Crippen LogP contribution is 2.27. The third-order valence-electron chi connectivity index (χ3n) is 4.51. The summed E-state index contributed by atoms with van der Waals surface area (Å²) < 4.78 is 17.8. The Bertz CT molecular complexity index is 658. The highest BCUT2D eigenvalue weighted by molar-refractivity contribution is 5.14. The van der Waals surface area contributed by atoms with E-state index in [1.165, 1.54) is 0 Å². The number of hydrogen-bond donors (Lipinski definition) is 1. The second-order valence-corrected chi connectivity index (χ2v) is 6.49. The van der Waals surface area contributed by atoms with Crippen LogP contribution in [0.4, 0.5) is 0 Å². The van der Waals surface area contributed by atoms with Gasteiger partial charge in [0, 0.05) is 0 Å². The van der Waals surface area contributed by atoms with Gasteiger partial charge in [0.2, 0.25) is 0 Å². The number of aliphatic hydroxyl groups excluding tert-OH is 1. The molecule has 2 aromatic rings. The Balaban J connectivity index is 1.57. The summed E-state index contributed by atoms with van der Waals surface area (Å²) in [5.74, 6) is 0. The Labute approximate surface area is 155 Å². The second kappa shape index (κ2) is 9.64. The maximum absolute atomic E-state index is 10.6. The van der Waals surface area contributed by atoms with E-state index in [0.717, 1.165) is 11.1 Å². The lowest BCUT2D eigenvalue weighted by Crippen LogP contribution is -2.37. The van der Waals surface area contributed by atoms with Crippen LogP contribution in [0.5, 0.6) is 0 Å². The fourth-order valence-electron chi connectivity index (χ4n) is 3.15. The van der Waals surface area contributed by atoms with Crippen molar-refractivity contribution in [1.82, 2.24) is 0 Å². The van der Waals surface area contributed by atoms with Crippen molar-refractivity contribution < 1.29 is 19.3 Å². The topological polar surface area (TPSA) is 47.9 Å². The molecule has 1 saturated heterocycles. The van der Waals surface area contributed by atoms with Gasteiger partial charge in [-0.2, -0.15) is 0 Å². The molecule has 0 unspecified atom stereocenters. The zero-order valence-corrected chi connectivity index (χ0v) is 14.9. The van der Waals surface area contributed by atoms with Crippen molar-refractivity contribution >= 4 is 0 Å². The molecule has 0 aliphatic carbocycles. The van der Waals surface area contributed by atoms with Gasteiger partial charge in [0.15, 0.2) is 0 Å². The van der Waals surface area contributed by atoms with E-state index in [1.807, 2.05) is 60.7 Å². The van der Waals surface area contributed by atoms with Gasteiger partial charge in [-0.1, -0.05) is 66.7 Å². The highest BCUT2D eigenvalue weighted by atomic mass is 16.6. The lowest BCUT2D eigenvalue weighted by atomic mass is 10.1. The maximum Gasteiger partial charge on any atom is 0.115 e. The first-order chi connectivity index (χ1) is 12.8. The molecule has 1 aliphatic rings. The average molecular weight is 354 g/mol. The third kappa shape index (κ3) is 5.02. The minimum absolute atomic E-state index is 0.303. The van der Waals surface area contributed by atoms with Crippen molar-refractivity contribution in [1.29, 1.82) is 0 Å². The molecule has 3 rings (SSSR count). The van der Waals surface area contributed by atoms with Crippen molar-refractivity contribution in [3.05, 3.63) is 84.4 Å². The smallest absolute Gasteiger partial charge is 0.115 e. The van der Waals surface area contributed by atoms with Crippen LogP contribution in [0.25, 0.3) is 0 Å². The van der Waals surface area contributed by atoms with Crippen LogP contribution in [-0.2, 0) is 27.4 Å². The molecule has 0 amide bonds. The molecule has 0 spiro atoms. The van der Waals surface area contributed by atoms with Gasteiger partial charge in [-0.25, -0.2) is 0 Å². The molecule has 4 nitrogen and oxygen atoms in total. The zero-order valence-electron chi connectivity index (χ0n) is 14.9. The number of ether oxygens (including phenoxy) is 3. The minimum Gasteiger partial charge on any atom is -0.388 e. The summed E-state index contributed by atoms with van der Waals surface area (Å²) in [5, 5.41) is 10.6. The molecule has 4 heteroatoms. The lowest BCUT2D eigenvalue weighted by molar-refractivity contribution is -0.0766. The van der Waals surface area contributed by atoms with E-state index in [0.29, 0.717) is 26.2 Å². The van der Waals surface area contributed by atoms with E-state index in [2.05, 4.69) is 6.58 Å². The van der Waals surface area contributed by atoms with Crippen LogP contribution < -0.4 is 0 Å². The van der Waals surface area contributed by atoms with Crippen LogP contribution in [0, 0.1) is 0 Å². The van der Waals surface area contributed by atoms with Crippen LogP contribution in [0.2, 0.25) is 0 Å². The van der Waals surface area contributed by atoms with Gasteiger partial charge in [0.25, 0.3) is 0 Å². The van der Waals surface area contributed by atoms with Crippen molar-refractivity contribution in [2.75, 3.05) is 6.61 Å². The number of aliphatic hydroxyl groups is 1. The van der Waals surface area contributed by atoms with Gasteiger partial charge < -0.3 is 19.3 Å². The van der Waals surface area contributed by atoms with Gasteiger partial charge in [0.1, 0.15) is 18.3 Å². The quantitative estimate of drug-likeness (QED) is 0.700. The summed E-state index contributed by atoms with van der Waals surface area (Å²) in [6.07, 6.45) is 0.621. The van der Waals surface area contributed by atoms with E-state index in [4.69, 9.17) is 14.2 Å². The SMILES string of the molecule is C=CC[C@@H]1O[C@H](COCc2ccccc2)[C@H](OCc2ccccc2)[C@H]1O. The fraction of sp³-hybridized carbons (Fsp3) is 0.364. The molecule has 0 radical (unpaired) electrons. The van der Waals surface area contributed by atoms with Crippen molar-refractivity contribution in [3.8, 4) is 0 Å². The Morgan fingerprint density at radius 3 is 2.15 bits per heavy atom. The summed E-state index contributed by atoms with van der Waals surface area (Å²) in [6.45, 7) is 5.06. The second-order valence-electron chi connectivity index (χ2n) is 6.49. The number of benzene rings is 2. The van der Waals surface area contributed by atoms with Crippen LogP contribution >= 0.6 is 0 Å². The monoisotopic (exact) mass is 354 g/mol. The molecule has 0 aromatic heterocycles. The van der Waals surface area contributed by atoms with E-state index in [1.54, 1.807) is 6.08 Å². The molecular weight excluding hydrogens is 328 g/mol. The minimum atomic E-state index is -0.693. The normalized spacial score (nSPS) is 25.3. The molecule has 0 bridgehead atoms. The molecule has 2 aromatic carbocycles. The first kappa shape index (κ1) is 18.8. The van der Waals surface area contributed by atoms with E-state index in [9.17, 15) is 5.11 Å². The van der Waals surface area contributed by atoms with Crippen molar-refractivity contribution in [2.24, 2.45) is 0 Å². The summed E-state index contributed by atoms with van der Waals surface area (Å²) in [7, 11) is 0. The molecule has 1 fully saturated rings. The van der Waals surface area contributed by atoms with Crippen LogP contribution in [0.15, 0.2) is 73.3 Å². The first-order valence-electron chi connectivity index (χ1n) is 8.99. The fourth-order valence-corrected chi connectivity index (χ4v) is 3.15. The predicted molar refractivity (Wildman–Crippen MR) is 101 cm³/mol. The molecule has 138 valence electrons. The molecule has 1 aliphatic heterocycles. The number of hydrogen-bond acceptors (Lipinski definition) is 4. The van der Waals surface area contributed by atoms with E-state index < -0.39 is 12.2 Å². The van der Waals surface area contributed by atoms with Crippen LogP contribution in [0.3, 0.4) is 0 Å². The summed E-state index contributed by atoms with van der Waals surface area (Å²) in [5.41, 5.74) is 2.17. The molecule has 0 saturated carbocycles. The molecular formula is C22H26O4. The Kier molecular flexibility index (Phi) is 6.97. The van der Waals surface area contributed by atoms with Gasteiger partial charge >= 0.3 is 0 Å². The molecule has 26 heavy (non-hydrogen) atoms. The van der Waals surface area contributed by atoms with E-state index >= 15 is 0 Å². The van der Waals surface area contributed by atoms with E-state index in [-0.39, 0.29) is 12.2 Å². The summed E-state index contributed by atoms with van der Waals surface area (Å²) in [6, 6.07) is 19.9. The average Bonchev–Trinajstić information content (AvgIpc) is 2.97. The van der Waals surface area contributed by atoms with Gasteiger partial charge in [-0.05, 0) is 17.5 Å². The third-order valence-corrected chi connectivity index (χ3v) is 4.51. The summed E-state index contributed by atoms with van der Waals surface area (Å²) >= 11 is 0.